The lowest BCUT2D eigenvalue weighted by atomic mass is 10.1. The molecule has 1 atom stereocenters. The fourth-order valence-electron chi connectivity index (χ4n) is 2.61. The Morgan fingerprint density at radius 2 is 2.13 bits per heavy atom. The molecule has 2 heterocycles. The lowest BCUT2D eigenvalue weighted by Crippen LogP contribution is -2.34. The number of carbonyl (C=O) groups is 1. The quantitative estimate of drug-likeness (QED) is 0.933. The Balaban J connectivity index is 1.84. The molecular weight excluding hydrogens is 312 g/mol. The SMILES string of the molecule is Cc1nc(C(C)N(C)C(=O)c2cnc(C3CC3)[nH]c2=O)c(C)s1. The Kier molecular flexibility index (Phi) is 4.06. The van der Waals surface area contributed by atoms with Crippen molar-refractivity contribution in [1.82, 2.24) is 19.9 Å². The number of thiazole rings is 1. The highest BCUT2D eigenvalue weighted by Gasteiger charge is 2.28. The molecule has 0 aromatic carbocycles. The summed E-state index contributed by atoms with van der Waals surface area (Å²) in [6, 6.07) is -0.199. The number of amides is 1. The highest BCUT2D eigenvalue weighted by molar-refractivity contribution is 7.11. The van der Waals surface area contributed by atoms with Gasteiger partial charge in [-0.1, -0.05) is 0 Å². The minimum absolute atomic E-state index is 0.0772. The summed E-state index contributed by atoms with van der Waals surface area (Å²) in [7, 11) is 1.69. The molecule has 0 spiro atoms. The zero-order valence-corrected chi connectivity index (χ0v) is 14.5. The van der Waals surface area contributed by atoms with E-state index in [1.165, 1.54) is 6.20 Å². The van der Waals surface area contributed by atoms with Crippen LogP contribution in [0.25, 0.3) is 0 Å². The Bertz CT molecular complexity index is 807. The third kappa shape index (κ3) is 3.06. The molecule has 7 heteroatoms. The normalized spacial score (nSPS) is 15.5. The highest BCUT2D eigenvalue weighted by atomic mass is 32.1. The molecule has 1 amide bonds. The first kappa shape index (κ1) is 15.9. The maximum absolute atomic E-state index is 12.6. The van der Waals surface area contributed by atoms with Crippen LogP contribution >= 0.6 is 11.3 Å². The Labute approximate surface area is 138 Å². The number of rotatable bonds is 4. The van der Waals surface area contributed by atoms with Crippen LogP contribution < -0.4 is 5.56 Å². The van der Waals surface area contributed by atoms with Crippen molar-refractivity contribution < 1.29 is 4.79 Å². The molecule has 6 nitrogen and oxygen atoms in total. The molecule has 1 unspecified atom stereocenters. The molecule has 3 rings (SSSR count). The zero-order chi connectivity index (χ0) is 16.7. The maximum Gasteiger partial charge on any atom is 0.263 e. The first-order chi connectivity index (χ1) is 10.9. The van der Waals surface area contributed by atoms with Gasteiger partial charge >= 0.3 is 0 Å². The molecule has 0 saturated heterocycles. The van der Waals surface area contributed by atoms with Crippen molar-refractivity contribution in [3.8, 4) is 0 Å². The van der Waals surface area contributed by atoms with Crippen molar-refractivity contribution in [3.05, 3.63) is 43.5 Å². The van der Waals surface area contributed by atoms with Gasteiger partial charge in [0.2, 0.25) is 0 Å². The molecule has 1 saturated carbocycles. The third-order valence-electron chi connectivity index (χ3n) is 4.25. The minimum atomic E-state index is -0.364. The molecule has 122 valence electrons. The zero-order valence-electron chi connectivity index (χ0n) is 13.7. The number of hydrogen-bond donors (Lipinski definition) is 1. The van der Waals surface area contributed by atoms with Crippen LogP contribution in [0, 0.1) is 13.8 Å². The molecular formula is C16H20N4O2S. The summed E-state index contributed by atoms with van der Waals surface area (Å²) < 4.78 is 0. The largest absolute Gasteiger partial charge is 0.333 e. The van der Waals surface area contributed by atoms with E-state index < -0.39 is 0 Å². The number of aromatic nitrogens is 3. The van der Waals surface area contributed by atoms with Gasteiger partial charge in [0.05, 0.1) is 16.7 Å². The number of H-pyrrole nitrogens is 1. The molecule has 1 fully saturated rings. The van der Waals surface area contributed by atoms with Crippen molar-refractivity contribution >= 4 is 17.2 Å². The second-order valence-corrected chi connectivity index (χ2v) is 7.46. The van der Waals surface area contributed by atoms with Crippen LogP contribution in [0.3, 0.4) is 0 Å². The number of nitrogens with zero attached hydrogens (tertiary/aromatic N) is 3. The van der Waals surface area contributed by atoms with Crippen molar-refractivity contribution in [2.24, 2.45) is 0 Å². The van der Waals surface area contributed by atoms with Gasteiger partial charge in [0.15, 0.2) is 0 Å². The monoisotopic (exact) mass is 332 g/mol. The fourth-order valence-corrected chi connectivity index (χ4v) is 3.52. The van der Waals surface area contributed by atoms with Crippen LogP contribution in [-0.2, 0) is 0 Å². The van der Waals surface area contributed by atoms with Crippen molar-refractivity contribution in [3.63, 3.8) is 0 Å². The molecule has 2 aromatic rings. The number of nitrogens with one attached hydrogen (secondary N) is 1. The van der Waals surface area contributed by atoms with Gasteiger partial charge in [-0.2, -0.15) is 0 Å². The first-order valence-electron chi connectivity index (χ1n) is 7.68. The van der Waals surface area contributed by atoms with Crippen molar-refractivity contribution in [2.45, 2.75) is 45.6 Å². The molecule has 0 bridgehead atoms. The average Bonchev–Trinajstić information content (AvgIpc) is 3.30. The lowest BCUT2D eigenvalue weighted by Gasteiger charge is -2.24. The molecule has 1 aliphatic carbocycles. The van der Waals surface area contributed by atoms with Gasteiger partial charge in [-0.25, -0.2) is 9.97 Å². The summed E-state index contributed by atoms with van der Waals surface area (Å²) >= 11 is 1.61. The summed E-state index contributed by atoms with van der Waals surface area (Å²) in [5.74, 6) is 0.705. The van der Waals surface area contributed by atoms with Crippen LogP contribution in [0.4, 0.5) is 0 Å². The predicted octanol–water partition coefficient (Wildman–Crippen LogP) is 2.55. The van der Waals surface area contributed by atoms with Gasteiger partial charge < -0.3 is 9.88 Å². The fraction of sp³-hybridized carbons (Fsp3) is 0.500. The summed E-state index contributed by atoms with van der Waals surface area (Å²) in [5, 5.41) is 0.971. The van der Waals surface area contributed by atoms with E-state index >= 15 is 0 Å². The predicted molar refractivity (Wildman–Crippen MR) is 88.9 cm³/mol. The van der Waals surface area contributed by atoms with Crippen LogP contribution in [0.5, 0.6) is 0 Å². The van der Waals surface area contributed by atoms with E-state index in [2.05, 4.69) is 15.0 Å². The highest BCUT2D eigenvalue weighted by Crippen LogP contribution is 2.37. The first-order valence-corrected chi connectivity index (χ1v) is 8.50. The Morgan fingerprint density at radius 3 is 2.65 bits per heavy atom. The van der Waals surface area contributed by atoms with Crippen LogP contribution in [-0.4, -0.2) is 32.8 Å². The smallest absolute Gasteiger partial charge is 0.263 e. The van der Waals surface area contributed by atoms with Crippen LogP contribution in [0.15, 0.2) is 11.0 Å². The minimum Gasteiger partial charge on any atom is -0.333 e. The summed E-state index contributed by atoms with van der Waals surface area (Å²) in [4.78, 5) is 38.9. The second-order valence-electron chi connectivity index (χ2n) is 6.05. The molecule has 2 aromatic heterocycles. The van der Waals surface area contributed by atoms with E-state index in [-0.39, 0.29) is 23.1 Å². The van der Waals surface area contributed by atoms with Crippen LogP contribution in [0.1, 0.15) is 63.5 Å². The van der Waals surface area contributed by atoms with E-state index in [9.17, 15) is 9.59 Å². The number of aromatic amines is 1. The van der Waals surface area contributed by atoms with Crippen molar-refractivity contribution in [1.29, 1.82) is 0 Å². The Hall–Kier alpha value is -2.02. The number of hydrogen-bond acceptors (Lipinski definition) is 5. The van der Waals surface area contributed by atoms with Gasteiger partial charge in [-0.15, -0.1) is 11.3 Å². The van der Waals surface area contributed by atoms with E-state index in [1.807, 2.05) is 20.8 Å². The standard InChI is InChI=1S/C16H20N4O2S/c1-8(13-9(2)23-10(3)18-13)20(4)16(22)12-7-17-14(11-5-6-11)19-15(12)21/h7-8,11H,5-6H2,1-4H3,(H,17,19,21). The molecule has 23 heavy (non-hydrogen) atoms. The Morgan fingerprint density at radius 1 is 1.43 bits per heavy atom. The molecule has 0 radical (unpaired) electrons. The van der Waals surface area contributed by atoms with Crippen LogP contribution in [0.2, 0.25) is 0 Å². The summed E-state index contributed by atoms with van der Waals surface area (Å²) in [6.07, 6.45) is 3.50. The summed E-state index contributed by atoms with van der Waals surface area (Å²) in [6.45, 7) is 5.86. The van der Waals surface area contributed by atoms with Gasteiger partial charge in [-0.05, 0) is 33.6 Å². The third-order valence-corrected chi connectivity index (χ3v) is 5.15. The molecule has 1 aliphatic rings. The second kappa shape index (κ2) is 5.88. The number of aryl methyl sites for hydroxylation is 2. The van der Waals surface area contributed by atoms with Gasteiger partial charge in [0, 0.05) is 24.0 Å². The van der Waals surface area contributed by atoms with Crippen molar-refractivity contribution in [2.75, 3.05) is 7.05 Å². The van der Waals surface area contributed by atoms with E-state index in [1.54, 1.807) is 23.3 Å². The number of carbonyl (C=O) groups excluding carboxylic acids is 1. The average molecular weight is 332 g/mol. The van der Waals surface area contributed by atoms with Gasteiger partial charge in [-0.3, -0.25) is 9.59 Å². The topological polar surface area (TPSA) is 79.0 Å². The lowest BCUT2D eigenvalue weighted by molar-refractivity contribution is 0.0737. The summed E-state index contributed by atoms with van der Waals surface area (Å²) in [5.41, 5.74) is 0.591. The van der Waals surface area contributed by atoms with Gasteiger partial charge in [0.25, 0.3) is 11.5 Å². The van der Waals surface area contributed by atoms with E-state index in [0.717, 1.165) is 28.4 Å². The maximum atomic E-state index is 12.6. The van der Waals surface area contributed by atoms with E-state index in [4.69, 9.17) is 0 Å². The molecule has 0 aliphatic heterocycles. The van der Waals surface area contributed by atoms with E-state index in [0.29, 0.717) is 11.7 Å². The molecule has 1 N–H and O–H groups in total. The van der Waals surface area contributed by atoms with Gasteiger partial charge in [0.1, 0.15) is 11.4 Å².